The molecule has 8 heteroatoms. The number of nitrogens with zero attached hydrogens (tertiary/aromatic N) is 3. The molecule has 0 aliphatic carbocycles. The van der Waals surface area contributed by atoms with Gasteiger partial charge in [-0.3, -0.25) is 4.72 Å². The van der Waals surface area contributed by atoms with Crippen molar-refractivity contribution in [3.05, 3.63) is 41.1 Å². The summed E-state index contributed by atoms with van der Waals surface area (Å²) in [6.07, 6.45) is 6.52. The van der Waals surface area contributed by atoms with Gasteiger partial charge in [-0.2, -0.15) is 0 Å². The number of nitrogens with one attached hydrogen (secondary N) is 1. The number of hydrogen-bond acceptors (Lipinski definition) is 5. The summed E-state index contributed by atoms with van der Waals surface area (Å²) in [7, 11) is -3.67. The minimum Gasteiger partial charge on any atom is -0.341 e. The summed E-state index contributed by atoms with van der Waals surface area (Å²) in [6, 6.07) is 6.66. The Morgan fingerprint density at radius 2 is 1.70 bits per heavy atom. The fraction of sp³-hybridized carbons (Fsp3) is 0.333. The lowest BCUT2D eigenvalue weighted by Crippen LogP contribution is -2.30. The molecule has 23 heavy (non-hydrogen) atoms. The molecule has 0 radical (unpaired) electrons. The summed E-state index contributed by atoms with van der Waals surface area (Å²) in [6.45, 7) is 1.89. The maximum absolute atomic E-state index is 12.4. The van der Waals surface area contributed by atoms with Gasteiger partial charge in [-0.1, -0.05) is 12.1 Å². The number of sulfonamides is 1. The number of hydrogen-bond donors (Lipinski definition) is 1. The second-order valence-corrected chi connectivity index (χ2v) is 7.86. The van der Waals surface area contributed by atoms with Gasteiger partial charge in [0.15, 0.2) is 0 Å². The lowest BCUT2D eigenvalue weighted by molar-refractivity contribution is 0.568. The zero-order valence-electron chi connectivity index (χ0n) is 12.4. The summed E-state index contributed by atoms with van der Waals surface area (Å²) < 4.78 is 27.8. The van der Waals surface area contributed by atoms with Gasteiger partial charge in [-0.25, -0.2) is 18.4 Å². The van der Waals surface area contributed by atoms with Crippen molar-refractivity contribution >= 4 is 37.6 Å². The fourth-order valence-corrected chi connectivity index (χ4v) is 4.54. The molecule has 1 aromatic carbocycles. The molecule has 1 fully saturated rings. The van der Waals surface area contributed by atoms with E-state index in [0.29, 0.717) is 16.1 Å². The van der Waals surface area contributed by atoms with Crippen LogP contribution < -0.4 is 9.62 Å². The Morgan fingerprint density at radius 1 is 1.04 bits per heavy atom. The summed E-state index contributed by atoms with van der Waals surface area (Å²) >= 11 is 3.25. The van der Waals surface area contributed by atoms with E-state index < -0.39 is 10.0 Å². The third kappa shape index (κ3) is 3.81. The van der Waals surface area contributed by atoms with E-state index in [1.165, 1.54) is 24.9 Å². The van der Waals surface area contributed by atoms with Crippen molar-refractivity contribution in [1.29, 1.82) is 0 Å². The van der Waals surface area contributed by atoms with Crippen molar-refractivity contribution in [2.24, 2.45) is 0 Å². The molecule has 0 saturated carbocycles. The van der Waals surface area contributed by atoms with E-state index in [1.807, 2.05) is 0 Å². The van der Waals surface area contributed by atoms with Gasteiger partial charge in [0, 0.05) is 17.6 Å². The first kappa shape index (κ1) is 16.2. The van der Waals surface area contributed by atoms with Crippen LogP contribution >= 0.6 is 15.9 Å². The molecule has 1 aromatic heterocycles. The second-order valence-electron chi connectivity index (χ2n) is 5.36. The van der Waals surface area contributed by atoms with Crippen LogP contribution in [0, 0.1) is 0 Å². The number of aromatic nitrogens is 2. The van der Waals surface area contributed by atoms with Crippen LogP contribution in [0.25, 0.3) is 0 Å². The van der Waals surface area contributed by atoms with Gasteiger partial charge in [0.05, 0.1) is 18.1 Å². The minimum absolute atomic E-state index is 0.181. The van der Waals surface area contributed by atoms with Crippen molar-refractivity contribution in [3.8, 4) is 0 Å². The van der Waals surface area contributed by atoms with Gasteiger partial charge in [0.2, 0.25) is 5.95 Å². The van der Waals surface area contributed by atoms with E-state index in [2.05, 4.69) is 35.5 Å². The minimum atomic E-state index is -3.67. The van der Waals surface area contributed by atoms with Crippen LogP contribution in [0.1, 0.15) is 19.3 Å². The predicted octanol–water partition coefficient (Wildman–Crippen LogP) is 3.03. The first-order chi connectivity index (χ1) is 11.1. The highest BCUT2D eigenvalue weighted by molar-refractivity contribution is 9.10. The van der Waals surface area contributed by atoms with Crippen molar-refractivity contribution in [3.63, 3.8) is 0 Å². The highest BCUT2D eigenvalue weighted by Crippen LogP contribution is 2.24. The SMILES string of the molecule is O=S(=O)(Nc1cnc(N2CCCCC2)nc1)c1ccccc1Br. The average Bonchev–Trinajstić information content (AvgIpc) is 2.56. The summed E-state index contributed by atoms with van der Waals surface area (Å²) in [5, 5.41) is 0. The number of halogens is 1. The Hall–Kier alpha value is -1.67. The normalized spacial score (nSPS) is 15.4. The molecule has 3 rings (SSSR count). The standard InChI is InChI=1S/C15H17BrN4O2S/c16-13-6-2-3-7-14(13)23(21,22)19-12-10-17-15(18-11-12)20-8-4-1-5-9-20/h2-3,6-7,10-11,19H,1,4-5,8-9H2. The van der Waals surface area contributed by atoms with E-state index in [4.69, 9.17) is 0 Å². The van der Waals surface area contributed by atoms with E-state index >= 15 is 0 Å². The van der Waals surface area contributed by atoms with E-state index in [-0.39, 0.29) is 4.90 Å². The maximum atomic E-state index is 12.4. The van der Waals surface area contributed by atoms with Gasteiger partial charge in [-0.15, -0.1) is 0 Å². The van der Waals surface area contributed by atoms with E-state index in [9.17, 15) is 8.42 Å². The summed E-state index contributed by atoms with van der Waals surface area (Å²) in [5.41, 5.74) is 0.349. The van der Waals surface area contributed by atoms with Crippen LogP contribution in [0.5, 0.6) is 0 Å². The van der Waals surface area contributed by atoms with Crippen molar-refractivity contribution in [2.75, 3.05) is 22.7 Å². The molecule has 1 aliphatic rings. The first-order valence-corrected chi connectivity index (χ1v) is 9.68. The van der Waals surface area contributed by atoms with Crippen molar-refractivity contribution < 1.29 is 8.42 Å². The molecule has 2 aromatic rings. The highest BCUT2D eigenvalue weighted by atomic mass is 79.9. The third-order valence-electron chi connectivity index (χ3n) is 3.66. The van der Waals surface area contributed by atoms with Crippen LogP contribution in [0.2, 0.25) is 0 Å². The molecular formula is C15H17BrN4O2S. The van der Waals surface area contributed by atoms with E-state index in [0.717, 1.165) is 25.9 Å². The zero-order chi connectivity index (χ0) is 16.3. The molecule has 122 valence electrons. The second kappa shape index (κ2) is 6.84. The lowest BCUT2D eigenvalue weighted by Gasteiger charge is -2.26. The zero-order valence-corrected chi connectivity index (χ0v) is 14.8. The molecule has 1 saturated heterocycles. The molecule has 6 nitrogen and oxygen atoms in total. The van der Waals surface area contributed by atoms with Gasteiger partial charge in [-0.05, 0) is 47.3 Å². The highest BCUT2D eigenvalue weighted by Gasteiger charge is 2.18. The molecule has 0 amide bonds. The third-order valence-corrected chi connectivity index (χ3v) is 6.05. The van der Waals surface area contributed by atoms with Crippen molar-refractivity contribution in [2.45, 2.75) is 24.2 Å². The summed E-state index contributed by atoms with van der Waals surface area (Å²) in [4.78, 5) is 10.9. The molecule has 0 bridgehead atoms. The first-order valence-electron chi connectivity index (χ1n) is 7.40. The quantitative estimate of drug-likeness (QED) is 0.859. The van der Waals surface area contributed by atoms with Crippen molar-refractivity contribution in [1.82, 2.24) is 9.97 Å². The largest absolute Gasteiger partial charge is 0.341 e. The lowest BCUT2D eigenvalue weighted by atomic mass is 10.1. The average molecular weight is 397 g/mol. The molecule has 2 heterocycles. The number of piperidine rings is 1. The molecular weight excluding hydrogens is 380 g/mol. The Balaban J connectivity index is 1.76. The van der Waals surface area contributed by atoms with Gasteiger partial charge in [0.1, 0.15) is 4.90 Å². The smallest absolute Gasteiger partial charge is 0.263 e. The Morgan fingerprint density at radius 3 is 2.35 bits per heavy atom. The maximum Gasteiger partial charge on any atom is 0.263 e. The molecule has 1 N–H and O–H groups in total. The number of benzene rings is 1. The molecule has 0 atom stereocenters. The fourth-order valence-electron chi connectivity index (χ4n) is 2.50. The molecule has 0 unspecified atom stereocenters. The van der Waals surface area contributed by atoms with Gasteiger partial charge in [0.25, 0.3) is 10.0 Å². The Labute approximate surface area is 144 Å². The Bertz CT molecular complexity index is 774. The van der Waals surface area contributed by atoms with Gasteiger partial charge < -0.3 is 4.90 Å². The van der Waals surface area contributed by atoms with Crippen LogP contribution in [0.3, 0.4) is 0 Å². The number of rotatable bonds is 4. The Kier molecular flexibility index (Phi) is 4.82. The van der Waals surface area contributed by atoms with Crippen LogP contribution in [-0.2, 0) is 10.0 Å². The number of anilines is 2. The monoisotopic (exact) mass is 396 g/mol. The van der Waals surface area contributed by atoms with Crippen LogP contribution in [-0.4, -0.2) is 31.5 Å². The summed E-state index contributed by atoms with van der Waals surface area (Å²) in [5.74, 6) is 0.647. The topological polar surface area (TPSA) is 75.2 Å². The van der Waals surface area contributed by atoms with Crippen LogP contribution in [0.4, 0.5) is 11.6 Å². The van der Waals surface area contributed by atoms with Crippen LogP contribution in [0.15, 0.2) is 46.0 Å². The van der Waals surface area contributed by atoms with E-state index in [1.54, 1.807) is 18.2 Å². The predicted molar refractivity (Wildman–Crippen MR) is 93.0 cm³/mol. The van der Waals surface area contributed by atoms with Gasteiger partial charge >= 0.3 is 0 Å². The molecule has 0 spiro atoms. The molecule has 1 aliphatic heterocycles.